The first-order valence-corrected chi connectivity index (χ1v) is 9.88. The highest BCUT2D eigenvalue weighted by Crippen LogP contribution is 2.38. The van der Waals surface area contributed by atoms with Crippen LogP contribution >= 0.6 is 0 Å². The number of benzene rings is 4. The molecule has 0 aliphatic heterocycles. The molecular weight excluding hydrogens is 348 g/mol. The molecule has 0 fully saturated rings. The van der Waals surface area contributed by atoms with Gasteiger partial charge in [0, 0.05) is 5.92 Å². The molecule has 0 amide bonds. The second kappa shape index (κ2) is 8.58. The minimum atomic E-state index is 0.0821. The van der Waals surface area contributed by atoms with Crippen molar-refractivity contribution in [3.05, 3.63) is 151 Å². The van der Waals surface area contributed by atoms with Gasteiger partial charge < -0.3 is 0 Å². The Balaban J connectivity index is 1.65. The topological polar surface area (TPSA) is 0 Å². The van der Waals surface area contributed by atoms with E-state index in [1.807, 2.05) is 18.2 Å². The van der Waals surface area contributed by atoms with Gasteiger partial charge in [0.05, 0.1) is 0 Å². The molecule has 0 bridgehead atoms. The van der Waals surface area contributed by atoms with Crippen LogP contribution in [0.5, 0.6) is 0 Å². The van der Waals surface area contributed by atoms with E-state index in [4.69, 9.17) is 0 Å². The third-order valence-electron chi connectivity index (χ3n) is 5.34. The maximum absolute atomic E-state index is 4.47. The summed E-state index contributed by atoms with van der Waals surface area (Å²) in [5, 5.41) is 0. The van der Waals surface area contributed by atoms with Crippen molar-refractivity contribution in [2.75, 3.05) is 0 Å². The molecule has 0 aromatic heterocycles. The van der Waals surface area contributed by atoms with Gasteiger partial charge in [0.1, 0.15) is 0 Å². The molecular formula is C29H24. The quantitative estimate of drug-likeness (QED) is 0.303. The summed E-state index contributed by atoms with van der Waals surface area (Å²) in [6, 6.07) is 40.1. The molecule has 0 nitrogen and oxygen atoms in total. The molecule has 0 spiro atoms. The summed E-state index contributed by atoms with van der Waals surface area (Å²) in [7, 11) is 0. The highest BCUT2D eigenvalue weighted by molar-refractivity contribution is 5.80. The third-order valence-corrected chi connectivity index (χ3v) is 5.34. The Bertz CT molecular complexity index is 1050. The average Bonchev–Trinajstić information content (AvgIpc) is 2.81. The maximum Gasteiger partial charge on any atom is 0.0340 e. The lowest BCUT2D eigenvalue weighted by atomic mass is 9.81. The van der Waals surface area contributed by atoms with Gasteiger partial charge in [-0.2, -0.15) is 0 Å². The van der Waals surface area contributed by atoms with Crippen molar-refractivity contribution in [1.82, 2.24) is 0 Å². The SMILES string of the molecule is C=C(C(=C)C(c1ccccc1)c1ccccc1)c1ccc(-c2ccccc2)cc1. The van der Waals surface area contributed by atoms with E-state index in [0.29, 0.717) is 0 Å². The molecule has 0 aliphatic carbocycles. The fraction of sp³-hybridized carbons (Fsp3) is 0.0345. The van der Waals surface area contributed by atoms with E-state index in [9.17, 15) is 0 Å². The van der Waals surface area contributed by atoms with Crippen LogP contribution in [0, 0.1) is 0 Å². The molecule has 0 aliphatic rings. The van der Waals surface area contributed by atoms with Gasteiger partial charge in [-0.3, -0.25) is 0 Å². The molecule has 0 heterocycles. The van der Waals surface area contributed by atoms with Crippen molar-refractivity contribution in [2.45, 2.75) is 5.92 Å². The lowest BCUT2D eigenvalue weighted by Gasteiger charge is -2.23. The molecule has 0 N–H and O–H groups in total. The van der Waals surface area contributed by atoms with Crippen LogP contribution in [0.1, 0.15) is 22.6 Å². The van der Waals surface area contributed by atoms with Gasteiger partial charge in [-0.1, -0.05) is 128 Å². The van der Waals surface area contributed by atoms with Crippen molar-refractivity contribution in [2.24, 2.45) is 0 Å². The summed E-state index contributed by atoms with van der Waals surface area (Å²) in [4.78, 5) is 0. The Morgan fingerprint density at radius 1 is 0.483 bits per heavy atom. The van der Waals surface area contributed by atoms with Gasteiger partial charge in [-0.15, -0.1) is 0 Å². The number of rotatable bonds is 6. The summed E-state index contributed by atoms with van der Waals surface area (Å²) in [6.45, 7) is 8.86. The normalized spacial score (nSPS) is 10.7. The highest BCUT2D eigenvalue weighted by atomic mass is 14.2. The van der Waals surface area contributed by atoms with E-state index < -0.39 is 0 Å². The smallest absolute Gasteiger partial charge is 0.0340 e. The van der Waals surface area contributed by atoms with Gasteiger partial charge in [0.15, 0.2) is 0 Å². The molecule has 4 aromatic rings. The van der Waals surface area contributed by atoms with E-state index >= 15 is 0 Å². The van der Waals surface area contributed by atoms with E-state index in [2.05, 4.69) is 110 Å². The molecule has 0 saturated carbocycles. The zero-order chi connectivity index (χ0) is 20.1. The van der Waals surface area contributed by atoms with E-state index in [-0.39, 0.29) is 5.92 Å². The standard InChI is InChI=1S/C29H24/c1-22(24-18-20-26(21-19-24)25-12-6-3-7-13-25)23(2)29(27-14-8-4-9-15-27)28-16-10-5-11-17-28/h3-21,29H,1-2H2. The van der Waals surface area contributed by atoms with Gasteiger partial charge in [0.2, 0.25) is 0 Å². The van der Waals surface area contributed by atoms with E-state index in [0.717, 1.165) is 16.7 Å². The summed E-state index contributed by atoms with van der Waals surface area (Å²) in [6.07, 6.45) is 0. The van der Waals surface area contributed by atoms with Crippen molar-refractivity contribution in [3.63, 3.8) is 0 Å². The summed E-state index contributed by atoms with van der Waals surface area (Å²) in [5.41, 5.74) is 7.98. The Kier molecular flexibility index (Phi) is 5.54. The first-order chi connectivity index (χ1) is 14.2. The van der Waals surface area contributed by atoms with Crippen LogP contribution in [0.15, 0.2) is 134 Å². The second-order valence-corrected chi connectivity index (χ2v) is 7.20. The Morgan fingerprint density at radius 2 is 0.897 bits per heavy atom. The zero-order valence-electron chi connectivity index (χ0n) is 16.5. The van der Waals surface area contributed by atoms with Crippen molar-refractivity contribution < 1.29 is 0 Å². The molecule has 0 radical (unpaired) electrons. The first kappa shape index (κ1) is 18.7. The fourth-order valence-electron chi connectivity index (χ4n) is 3.74. The number of allylic oxidation sites excluding steroid dienone is 2. The lowest BCUT2D eigenvalue weighted by Crippen LogP contribution is -2.05. The van der Waals surface area contributed by atoms with E-state index in [1.165, 1.54) is 22.3 Å². The van der Waals surface area contributed by atoms with E-state index in [1.54, 1.807) is 0 Å². The van der Waals surface area contributed by atoms with Crippen LogP contribution in [0.25, 0.3) is 16.7 Å². The molecule has 0 unspecified atom stereocenters. The lowest BCUT2D eigenvalue weighted by molar-refractivity contribution is 0.988. The predicted octanol–water partition coefficient (Wildman–Crippen LogP) is 7.76. The van der Waals surface area contributed by atoms with Crippen LogP contribution in [0.4, 0.5) is 0 Å². The van der Waals surface area contributed by atoms with Crippen LogP contribution < -0.4 is 0 Å². The minimum absolute atomic E-state index is 0.0821. The highest BCUT2D eigenvalue weighted by Gasteiger charge is 2.20. The van der Waals surface area contributed by atoms with Crippen molar-refractivity contribution in [1.29, 1.82) is 0 Å². The molecule has 0 atom stereocenters. The molecule has 140 valence electrons. The summed E-state index contributed by atoms with van der Waals surface area (Å²) < 4.78 is 0. The fourth-order valence-corrected chi connectivity index (χ4v) is 3.74. The average molecular weight is 373 g/mol. The number of hydrogen-bond donors (Lipinski definition) is 0. The van der Waals surface area contributed by atoms with Gasteiger partial charge in [0.25, 0.3) is 0 Å². The molecule has 4 aromatic carbocycles. The van der Waals surface area contributed by atoms with Crippen LogP contribution in [0.2, 0.25) is 0 Å². The van der Waals surface area contributed by atoms with Crippen molar-refractivity contribution >= 4 is 5.57 Å². The predicted molar refractivity (Wildman–Crippen MR) is 125 cm³/mol. The monoisotopic (exact) mass is 372 g/mol. The Morgan fingerprint density at radius 3 is 1.38 bits per heavy atom. The van der Waals surface area contributed by atoms with Crippen molar-refractivity contribution in [3.8, 4) is 11.1 Å². The summed E-state index contributed by atoms with van der Waals surface area (Å²) >= 11 is 0. The largest absolute Gasteiger partial charge is 0.0943 e. The van der Waals surface area contributed by atoms with Crippen LogP contribution in [0.3, 0.4) is 0 Å². The minimum Gasteiger partial charge on any atom is -0.0943 e. The Labute approximate surface area is 173 Å². The van der Waals surface area contributed by atoms with Crippen LogP contribution in [-0.4, -0.2) is 0 Å². The van der Waals surface area contributed by atoms with Gasteiger partial charge in [-0.25, -0.2) is 0 Å². The maximum atomic E-state index is 4.47. The van der Waals surface area contributed by atoms with Gasteiger partial charge in [-0.05, 0) is 39.0 Å². The molecule has 0 saturated heterocycles. The second-order valence-electron chi connectivity index (χ2n) is 7.20. The van der Waals surface area contributed by atoms with Crippen LogP contribution in [-0.2, 0) is 0 Å². The Hall–Kier alpha value is -3.64. The van der Waals surface area contributed by atoms with Gasteiger partial charge >= 0.3 is 0 Å². The number of hydrogen-bond acceptors (Lipinski definition) is 0. The molecule has 0 heteroatoms. The third kappa shape index (κ3) is 4.12. The molecule has 29 heavy (non-hydrogen) atoms. The first-order valence-electron chi connectivity index (χ1n) is 9.88. The molecule has 4 rings (SSSR count). The summed E-state index contributed by atoms with van der Waals surface area (Å²) in [5.74, 6) is 0.0821. The zero-order valence-corrected chi connectivity index (χ0v) is 16.5.